The zero-order valence-corrected chi connectivity index (χ0v) is 11.4. The third-order valence-corrected chi connectivity index (χ3v) is 2.71. The van der Waals surface area contributed by atoms with Gasteiger partial charge in [0.25, 0.3) is 5.91 Å². The minimum absolute atomic E-state index is 0.0919. The van der Waals surface area contributed by atoms with Gasteiger partial charge in [0.1, 0.15) is 17.6 Å². The van der Waals surface area contributed by atoms with Crippen LogP contribution in [0.15, 0.2) is 6.20 Å². The van der Waals surface area contributed by atoms with Gasteiger partial charge < -0.3 is 16.2 Å². The van der Waals surface area contributed by atoms with E-state index in [2.05, 4.69) is 31.2 Å². The van der Waals surface area contributed by atoms with E-state index in [4.69, 9.17) is 5.73 Å². The molecule has 0 bridgehead atoms. The zero-order valence-electron chi connectivity index (χ0n) is 11.4. The molecule has 1 rings (SSSR count). The Labute approximate surface area is 107 Å². The number of aliphatic hydroxyl groups excluding tert-OH is 1. The van der Waals surface area contributed by atoms with Gasteiger partial charge >= 0.3 is 0 Å². The molecule has 0 saturated heterocycles. The van der Waals surface area contributed by atoms with Crippen LogP contribution < -0.4 is 11.1 Å². The largest absolute Gasteiger partial charge is 0.383 e. The number of nitrogens with two attached hydrogens (primary N) is 1. The number of hydrogen-bond donors (Lipinski definition) is 3. The first-order chi connectivity index (χ1) is 8.20. The molecule has 4 N–H and O–H groups in total. The smallest absolute Gasteiger partial charge is 0.253 e. The summed E-state index contributed by atoms with van der Waals surface area (Å²) in [6.07, 6.45) is 1.63. The number of aryl methyl sites for hydroxylation is 1. The van der Waals surface area contributed by atoms with Crippen LogP contribution in [0.2, 0.25) is 0 Å². The van der Waals surface area contributed by atoms with Crippen molar-refractivity contribution < 1.29 is 9.90 Å². The third-order valence-electron chi connectivity index (χ3n) is 2.71. The number of hydrogen-bond acceptors (Lipinski definition) is 4. The fourth-order valence-corrected chi connectivity index (χ4v) is 1.46. The zero-order chi connectivity index (χ0) is 13.9. The van der Waals surface area contributed by atoms with Crippen LogP contribution >= 0.6 is 0 Å². The lowest BCUT2D eigenvalue weighted by Gasteiger charge is -2.19. The summed E-state index contributed by atoms with van der Waals surface area (Å²) >= 11 is 0. The number of aliphatic hydroxyl groups is 1. The molecule has 0 saturated carbocycles. The lowest BCUT2D eigenvalue weighted by atomic mass is 9.89. The number of nitrogens with one attached hydrogen (secondary N) is 1. The highest BCUT2D eigenvalue weighted by atomic mass is 16.3. The number of rotatable bonds is 4. The molecule has 18 heavy (non-hydrogen) atoms. The highest BCUT2D eigenvalue weighted by Gasteiger charge is 2.20. The van der Waals surface area contributed by atoms with Crippen molar-refractivity contribution in [3.8, 4) is 0 Å². The van der Waals surface area contributed by atoms with E-state index in [-0.39, 0.29) is 5.41 Å². The van der Waals surface area contributed by atoms with E-state index in [1.165, 1.54) is 10.9 Å². The van der Waals surface area contributed by atoms with E-state index in [0.29, 0.717) is 17.9 Å². The van der Waals surface area contributed by atoms with Crippen molar-refractivity contribution in [2.75, 3.05) is 11.1 Å². The fraction of sp³-hybridized carbons (Fsp3) is 0.667. The van der Waals surface area contributed by atoms with E-state index in [1.54, 1.807) is 7.05 Å². The molecule has 6 heteroatoms. The molecular weight excluding hydrogens is 232 g/mol. The minimum Gasteiger partial charge on any atom is -0.383 e. The topological polar surface area (TPSA) is 93.2 Å². The maximum absolute atomic E-state index is 11.7. The highest BCUT2D eigenvalue weighted by Crippen LogP contribution is 2.22. The van der Waals surface area contributed by atoms with Crippen LogP contribution in [0, 0.1) is 5.41 Å². The number of amides is 1. The highest BCUT2D eigenvalue weighted by molar-refractivity contribution is 5.95. The molecule has 0 aliphatic rings. The second-order valence-corrected chi connectivity index (χ2v) is 5.67. The number of carbonyl (C=O) groups excluding carboxylic acids is 1. The van der Waals surface area contributed by atoms with Crippen molar-refractivity contribution in [1.82, 2.24) is 9.78 Å². The van der Waals surface area contributed by atoms with Gasteiger partial charge in [-0.1, -0.05) is 20.8 Å². The molecular formula is C12H22N4O2. The number of anilines is 2. The van der Waals surface area contributed by atoms with Gasteiger partial charge in [-0.3, -0.25) is 9.48 Å². The van der Waals surface area contributed by atoms with Gasteiger partial charge in [-0.05, 0) is 18.3 Å². The van der Waals surface area contributed by atoms with E-state index < -0.39 is 12.0 Å². The van der Waals surface area contributed by atoms with Gasteiger partial charge in [0.05, 0.1) is 6.20 Å². The van der Waals surface area contributed by atoms with Crippen LogP contribution in [0.4, 0.5) is 11.5 Å². The van der Waals surface area contributed by atoms with E-state index >= 15 is 0 Å². The van der Waals surface area contributed by atoms with Crippen molar-refractivity contribution >= 4 is 17.4 Å². The Bertz CT molecular complexity index is 420. The summed E-state index contributed by atoms with van der Waals surface area (Å²) in [5.74, 6) is -0.0784. The van der Waals surface area contributed by atoms with Crippen LogP contribution in [-0.4, -0.2) is 26.9 Å². The Hall–Kier alpha value is -1.56. The summed E-state index contributed by atoms with van der Waals surface area (Å²) in [7, 11) is 1.68. The summed E-state index contributed by atoms with van der Waals surface area (Å²) < 4.78 is 1.46. The molecule has 0 radical (unpaired) electrons. The fourth-order valence-electron chi connectivity index (χ4n) is 1.46. The quantitative estimate of drug-likeness (QED) is 0.750. The standard InChI is InChI=1S/C12H22N4O2/c1-12(2,3)6-5-9(17)11(18)15-8-7-14-16(4)10(8)13/h7,9,17H,5-6,13H2,1-4H3,(H,15,18)/t9-/m0/s1. The van der Waals surface area contributed by atoms with Gasteiger partial charge in [-0.15, -0.1) is 0 Å². The van der Waals surface area contributed by atoms with E-state index in [0.717, 1.165) is 6.42 Å². The predicted octanol–water partition coefficient (Wildman–Crippen LogP) is 1.13. The lowest BCUT2D eigenvalue weighted by molar-refractivity contribution is -0.124. The molecule has 0 aliphatic heterocycles. The predicted molar refractivity (Wildman–Crippen MR) is 70.9 cm³/mol. The van der Waals surface area contributed by atoms with Gasteiger partial charge in [-0.2, -0.15) is 5.10 Å². The summed E-state index contributed by atoms with van der Waals surface area (Å²) in [5, 5.41) is 16.2. The average Bonchev–Trinajstić information content (AvgIpc) is 2.56. The minimum atomic E-state index is -1.02. The molecule has 1 aromatic rings. The Morgan fingerprint density at radius 1 is 1.61 bits per heavy atom. The van der Waals surface area contributed by atoms with Crippen molar-refractivity contribution in [3.05, 3.63) is 6.20 Å². The van der Waals surface area contributed by atoms with Crippen molar-refractivity contribution in [3.63, 3.8) is 0 Å². The molecule has 0 aromatic carbocycles. The molecule has 0 fully saturated rings. The molecule has 1 amide bonds. The molecule has 0 unspecified atom stereocenters. The second kappa shape index (κ2) is 5.39. The SMILES string of the molecule is Cn1ncc(NC(=O)[C@@H](O)CCC(C)(C)C)c1N. The molecule has 0 spiro atoms. The molecule has 0 aliphatic carbocycles. The molecule has 102 valence electrons. The normalized spacial score (nSPS) is 13.4. The summed E-state index contributed by atoms with van der Waals surface area (Å²) in [6.45, 7) is 6.20. The first kappa shape index (κ1) is 14.5. The molecule has 1 atom stereocenters. The number of nitrogens with zero attached hydrogens (tertiary/aromatic N) is 2. The summed E-state index contributed by atoms with van der Waals surface area (Å²) in [5.41, 5.74) is 6.22. The van der Waals surface area contributed by atoms with E-state index in [1.807, 2.05) is 0 Å². The molecule has 6 nitrogen and oxygen atoms in total. The molecule has 1 aromatic heterocycles. The number of carbonyl (C=O) groups is 1. The van der Waals surface area contributed by atoms with Crippen LogP contribution in [-0.2, 0) is 11.8 Å². The van der Waals surface area contributed by atoms with Crippen LogP contribution in [0.25, 0.3) is 0 Å². The summed E-state index contributed by atoms with van der Waals surface area (Å²) in [4.78, 5) is 11.7. The van der Waals surface area contributed by atoms with Crippen molar-refractivity contribution in [2.45, 2.75) is 39.7 Å². The first-order valence-corrected chi connectivity index (χ1v) is 5.97. The van der Waals surface area contributed by atoms with Crippen LogP contribution in [0.1, 0.15) is 33.6 Å². The van der Waals surface area contributed by atoms with Crippen molar-refractivity contribution in [2.24, 2.45) is 12.5 Å². The lowest BCUT2D eigenvalue weighted by Crippen LogP contribution is -2.29. The average molecular weight is 254 g/mol. The van der Waals surface area contributed by atoms with E-state index in [9.17, 15) is 9.90 Å². The monoisotopic (exact) mass is 254 g/mol. The van der Waals surface area contributed by atoms with Crippen LogP contribution in [0.5, 0.6) is 0 Å². The number of aromatic nitrogens is 2. The Morgan fingerprint density at radius 3 is 2.67 bits per heavy atom. The first-order valence-electron chi connectivity index (χ1n) is 5.97. The van der Waals surface area contributed by atoms with Gasteiger partial charge in [-0.25, -0.2) is 0 Å². The third kappa shape index (κ3) is 4.03. The number of nitrogen functional groups attached to an aromatic ring is 1. The van der Waals surface area contributed by atoms with Gasteiger partial charge in [0.15, 0.2) is 0 Å². The maximum atomic E-state index is 11.7. The summed E-state index contributed by atoms with van der Waals surface area (Å²) in [6, 6.07) is 0. The Kier molecular flexibility index (Phi) is 4.34. The van der Waals surface area contributed by atoms with Gasteiger partial charge in [0, 0.05) is 7.05 Å². The molecule has 1 heterocycles. The second-order valence-electron chi connectivity index (χ2n) is 5.67. The van der Waals surface area contributed by atoms with Gasteiger partial charge in [0.2, 0.25) is 0 Å². The Balaban J connectivity index is 2.53. The Morgan fingerprint density at radius 2 is 2.22 bits per heavy atom. The van der Waals surface area contributed by atoms with Crippen LogP contribution in [0.3, 0.4) is 0 Å². The maximum Gasteiger partial charge on any atom is 0.253 e. The van der Waals surface area contributed by atoms with Crippen molar-refractivity contribution in [1.29, 1.82) is 0 Å².